The predicted octanol–water partition coefficient (Wildman–Crippen LogP) is 6.21. The van der Waals surface area contributed by atoms with Crippen molar-refractivity contribution in [1.82, 2.24) is 5.32 Å². The van der Waals surface area contributed by atoms with Gasteiger partial charge in [-0.2, -0.15) is 0 Å². The molecule has 0 fully saturated rings. The number of rotatable bonds is 8. The summed E-state index contributed by atoms with van der Waals surface area (Å²) in [5.74, 6) is 1.04. The highest BCUT2D eigenvalue weighted by Gasteiger charge is 2.10. The molecule has 2 N–H and O–H groups in total. The van der Waals surface area contributed by atoms with Gasteiger partial charge in [0.1, 0.15) is 5.75 Å². The summed E-state index contributed by atoms with van der Waals surface area (Å²) in [5.41, 5.74) is 2.01. The van der Waals surface area contributed by atoms with Crippen LogP contribution in [0.1, 0.15) is 38.2 Å². The molecular weight excluding hydrogens is 416 g/mol. The molecule has 2 aromatic carbocycles. The number of halogens is 2. The van der Waals surface area contributed by atoms with Crippen molar-refractivity contribution in [2.75, 3.05) is 18.5 Å². The van der Waals surface area contributed by atoms with E-state index >= 15 is 0 Å². The van der Waals surface area contributed by atoms with Crippen molar-refractivity contribution in [2.45, 2.75) is 32.6 Å². The van der Waals surface area contributed by atoms with Gasteiger partial charge in [-0.25, -0.2) is 4.79 Å². The minimum atomic E-state index is -0.206. The number of nitrogens with one attached hydrogen (secondary N) is 2. The molecule has 4 nitrogen and oxygen atoms in total. The molecule has 0 aliphatic carbocycles. The molecule has 0 radical (unpaired) electrons. The van der Waals surface area contributed by atoms with Gasteiger partial charge >= 0.3 is 6.03 Å². The van der Waals surface area contributed by atoms with E-state index in [1.807, 2.05) is 30.3 Å². The SMILES string of the molecule is CCC(C)c1ccccc1NC(=O)NCCCOc1ccc(Br)cc1Cl. The molecule has 0 saturated heterocycles. The predicted molar refractivity (Wildman–Crippen MR) is 111 cm³/mol. The van der Waals surface area contributed by atoms with E-state index in [-0.39, 0.29) is 6.03 Å². The van der Waals surface area contributed by atoms with E-state index in [4.69, 9.17) is 16.3 Å². The molecular formula is C20H24BrClN2O2. The van der Waals surface area contributed by atoms with Gasteiger partial charge in [0.25, 0.3) is 0 Å². The Balaban J connectivity index is 1.74. The number of hydrogen-bond donors (Lipinski definition) is 2. The van der Waals surface area contributed by atoms with Gasteiger partial charge in [-0.3, -0.25) is 0 Å². The molecule has 1 unspecified atom stereocenters. The summed E-state index contributed by atoms with van der Waals surface area (Å²) in [4.78, 5) is 12.1. The van der Waals surface area contributed by atoms with Gasteiger partial charge in [-0.1, -0.05) is 59.6 Å². The van der Waals surface area contributed by atoms with Gasteiger partial charge in [0.15, 0.2) is 0 Å². The van der Waals surface area contributed by atoms with E-state index in [1.165, 1.54) is 0 Å². The highest BCUT2D eigenvalue weighted by Crippen LogP contribution is 2.28. The lowest BCUT2D eigenvalue weighted by atomic mass is 9.97. The van der Waals surface area contributed by atoms with Gasteiger partial charge in [0.05, 0.1) is 11.6 Å². The second-order valence-electron chi connectivity index (χ2n) is 6.05. The Hall–Kier alpha value is -1.72. The number of benzene rings is 2. The van der Waals surface area contributed by atoms with Crippen LogP contribution in [-0.4, -0.2) is 19.2 Å². The smallest absolute Gasteiger partial charge is 0.319 e. The average Bonchev–Trinajstić information content (AvgIpc) is 2.63. The number of carbonyl (C=O) groups excluding carboxylic acids is 1. The lowest BCUT2D eigenvalue weighted by molar-refractivity contribution is 0.250. The first kappa shape index (κ1) is 20.6. The summed E-state index contributed by atoms with van der Waals surface area (Å²) in [7, 11) is 0. The number of para-hydroxylation sites is 1. The zero-order chi connectivity index (χ0) is 18.9. The maximum atomic E-state index is 12.1. The molecule has 6 heteroatoms. The van der Waals surface area contributed by atoms with Crippen LogP contribution in [0.3, 0.4) is 0 Å². The maximum absolute atomic E-state index is 12.1. The van der Waals surface area contributed by atoms with Crippen LogP contribution in [-0.2, 0) is 0 Å². The fourth-order valence-corrected chi connectivity index (χ4v) is 3.20. The average molecular weight is 440 g/mol. The first-order valence-electron chi connectivity index (χ1n) is 8.73. The zero-order valence-electron chi connectivity index (χ0n) is 15.0. The molecule has 0 spiro atoms. The van der Waals surface area contributed by atoms with Crippen LogP contribution < -0.4 is 15.4 Å². The third-order valence-electron chi connectivity index (χ3n) is 4.11. The van der Waals surface area contributed by atoms with E-state index in [1.54, 1.807) is 6.07 Å². The van der Waals surface area contributed by atoms with Gasteiger partial charge in [0.2, 0.25) is 0 Å². The molecule has 2 aromatic rings. The summed E-state index contributed by atoms with van der Waals surface area (Å²) in [6, 6.07) is 13.2. The maximum Gasteiger partial charge on any atom is 0.319 e. The van der Waals surface area contributed by atoms with Crippen LogP contribution in [0.4, 0.5) is 10.5 Å². The summed E-state index contributed by atoms with van der Waals surface area (Å²) in [6.45, 7) is 5.29. The van der Waals surface area contributed by atoms with Crippen LogP contribution in [0, 0.1) is 0 Å². The van der Waals surface area contributed by atoms with Crippen molar-refractivity contribution in [3.8, 4) is 5.75 Å². The molecule has 0 aliphatic rings. The molecule has 0 heterocycles. The fraction of sp³-hybridized carbons (Fsp3) is 0.350. The molecule has 0 bridgehead atoms. The molecule has 26 heavy (non-hydrogen) atoms. The Morgan fingerprint density at radius 3 is 2.77 bits per heavy atom. The van der Waals surface area contributed by atoms with Crippen molar-refractivity contribution < 1.29 is 9.53 Å². The number of urea groups is 1. The molecule has 0 saturated carbocycles. The lowest BCUT2D eigenvalue weighted by Gasteiger charge is -2.16. The fourth-order valence-electron chi connectivity index (χ4n) is 2.48. The van der Waals surface area contributed by atoms with Crippen LogP contribution in [0.15, 0.2) is 46.9 Å². The van der Waals surface area contributed by atoms with E-state index in [0.29, 0.717) is 36.3 Å². The molecule has 0 aliphatic heterocycles. The molecule has 2 amide bonds. The van der Waals surface area contributed by atoms with E-state index in [2.05, 4.69) is 46.5 Å². The van der Waals surface area contributed by atoms with Gasteiger partial charge in [-0.15, -0.1) is 0 Å². The van der Waals surface area contributed by atoms with Gasteiger partial charge in [-0.05, 0) is 48.6 Å². The topological polar surface area (TPSA) is 50.4 Å². The third-order valence-corrected chi connectivity index (χ3v) is 4.90. The van der Waals surface area contributed by atoms with E-state index in [0.717, 1.165) is 22.1 Å². The number of ether oxygens (including phenoxy) is 1. The summed E-state index contributed by atoms with van der Waals surface area (Å²) in [6.07, 6.45) is 1.71. The first-order valence-corrected chi connectivity index (χ1v) is 9.90. The molecule has 0 aromatic heterocycles. The lowest BCUT2D eigenvalue weighted by Crippen LogP contribution is -2.30. The number of amides is 2. The van der Waals surface area contributed by atoms with Crippen LogP contribution in [0.25, 0.3) is 0 Å². The zero-order valence-corrected chi connectivity index (χ0v) is 17.4. The Kier molecular flexibility index (Phi) is 8.26. The second kappa shape index (κ2) is 10.4. The molecule has 2 rings (SSSR count). The number of hydrogen-bond acceptors (Lipinski definition) is 2. The highest BCUT2D eigenvalue weighted by atomic mass is 79.9. The molecule has 1 atom stereocenters. The largest absolute Gasteiger partial charge is 0.492 e. The monoisotopic (exact) mass is 438 g/mol. The minimum Gasteiger partial charge on any atom is -0.492 e. The Morgan fingerprint density at radius 1 is 1.27 bits per heavy atom. The van der Waals surface area contributed by atoms with Crippen LogP contribution in [0.5, 0.6) is 5.75 Å². The Bertz CT molecular complexity index is 740. The van der Waals surface area contributed by atoms with Gasteiger partial charge in [0, 0.05) is 16.7 Å². The van der Waals surface area contributed by atoms with Gasteiger partial charge < -0.3 is 15.4 Å². The highest BCUT2D eigenvalue weighted by molar-refractivity contribution is 9.10. The normalized spacial score (nSPS) is 11.7. The summed E-state index contributed by atoms with van der Waals surface area (Å²) < 4.78 is 6.54. The van der Waals surface area contributed by atoms with Crippen LogP contribution >= 0.6 is 27.5 Å². The van der Waals surface area contributed by atoms with Crippen LogP contribution in [0.2, 0.25) is 5.02 Å². The van der Waals surface area contributed by atoms with Crippen molar-refractivity contribution in [1.29, 1.82) is 0 Å². The summed E-state index contributed by atoms with van der Waals surface area (Å²) >= 11 is 9.46. The standard InChI is InChI=1S/C20H24BrClN2O2/c1-3-14(2)16-7-4-5-8-18(16)24-20(25)23-11-6-12-26-19-10-9-15(21)13-17(19)22/h4-5,7-10,13-14H,3,6,11-12H2,1-2H3,(H2,23,24,25). The number of anilines is 1. The molecule has 140 valence electrons. The van der Waals surface area contributed by atoms with E-state index < -0.39 is 0 Å². The van der Waals surface area contributed by atoms with Crippen molar-refractivity contribution in [2.24, 2.45) is 0 Å². The minimum absolute atomic E-state index is 0.206. The van der Waals surface area contributed by atoms with Crippen molar-refractivity contribution in [3.05, 3.63) is 57.5 Å². The number of carbonyl (C=O) groups is 1. The van der Waals surface area contributed by atoms with Crippen molar-refractivity contribution >= 4 is 39.2 Å². The van der Waals surface area contributed by atoms with Crippen molar-refractivity contribution in [3.63, 3.8) is 0 Å². The summed E-state index contributed by atoms with van der Waals surface area (Å²) in [5, 5.41) is 6.35. The Labute approximate surface area is 168 Å². The third kappa shape index (κ3) is 6.22. The van der Waals surface area contributed by atoms with E-state index in [9.17, 15) is 4.79 Å². The first-order chi connectivity index (χ1) is 12.5. The Morgan fingerprint density at radius 2 is 2.04 bits per heavy atom. The second-order valence-corrected chi connectivity index (χ2v) is 7.38. The quantitative estimate of drug-likeness (QED) is 0.481.